The van der Waals surface area contributed by atoms with Gasteiger partial charge in [0, 0.05) is 11.1 Å². The zero-order valence-electron chi connectivity index (χ0n) is 11.9. The first-order valence-electron chi connectivity index (χ1n) is 6.11. The van der Waals surface area contributed by atoms with Gasteiger partial charge < -0.3 is 14.8 Å². The minimum absolute atomic E-state index is 0.138. The molecule has 0 aromatic heterocycles. The Morgan fingerprint density at radius 2 is 2.05 bits per heavy atom. The van der Waals surface area contributed by atoms with Crippen LogP contribution >= 0.6 is 0 Å². The summed E-state index contributed by atoms with van der Waals surface area (Å²) in [6.07, 6.45) is 1.65. The Morgan fingerprint density at radius 1 is 1.37 bits per heavy atom. The number of methoxy groups -OCH3 is 1. The van der Waals surface area contributed by atoms with E-state index in [4.69, 9.17) is 9.47 Å². The SMILES string of the molecule is C=CCOc1ccc(C(=O)NC(C)(C)C)cc1OC. The summed E-state index contributed by atoms with van der Waals surface area (Å²) in [5.74, 6) is 0.985. The first-order valence-corrected chi connectivity index (χ1v) is 6.11. The van der Waals surface area contributed by atoms with Crippen LogP contribution in [-0.4, -0.2) is 25.2 Å². The van der Waals surface area contributed by atoms with Gasteiger partial charge in [-0.3, -0.25) is 4.79 Å². The minimum atomic E-state index is -0.275. The second-order valence-electron chi connectivity index (χ2n) is 5.17. The number of amides is 1. The smallest absolute Gasteiger partial charge is 0.251 e. The molecule has 4 heteroatoms. The fourth-order valence-corrected chi connectivity index (χ4v) is 1.49. The van der Waals surface area contributed by atoms with Crippen LogP contribution in [0.1, 0.15) is 31.1 Å². The Kier molecular flexibility index (Phi) is 4.98. The van der Waals surface area contributed by atoms with Gasteiger partial charge in [0.05, 0.1) is 7.11 Å². The van der Waals surface area contributed by atoms with Gasteiger partial charge in [-0.05, 0) is 39.0 Å². The molecular weight excluding hydrogens is 242 g/mol. The zero-order chi connectivity index (χ0) is 14.5. The summed E-state index contributed by atoms with van der Waals surface area (Å²) in [5, 5.41) is 2.90. The minimum Gasteiger partial charge on any atom is -0.493 e. The van der Waals surface area contributed by atoms with Gasteiger partial charge in [0.25, 0.3) is 5.91 Å². The number of hydrogen-bond donors (Lipinski definition) is 1. The number of ether oxygens (including phenoxy) is 2. The molecule has 0 spiro atoms. The van der Waals surface area contributed by atoms with E-state index in [1.54, 1.807) is 31.4 Å². The predicted octanol–water partition coefficient (Wildman–Crippen LogP) is 2.79. The monoisotopic (exact) mass is 263 g/mol. The third-order valence-electron chi connectivity index (χ3n) is 2.27. The van der Waals surface area contributed by atoms with E-state index in [2.05, 4.69) is 11.9 Å². The highest BCUT2D eigenvalue weighted by Gasteiger charge is 2.16. The van der Waals surface area contributed by atoms with E-state index in [0.717, 1.165) is 0 Å². The van der Waals surface area contributed by atoms with Crippen molar-refractivity contribution >= 4 is 5.91 Å². The molecule has 1 aromatic rings. The van der Waals surface area contributed by atoms with Crippen LogP contribution in [0.25, 0.3) is 0 Å². The topological polar surface area (TPSA) is 47.6 Å². The maximum atomic E-state index is 12.0. The molecule has 1 amide bonds. The summed E-state index contributed by atoms with van der Waals surface area (Å²) in [7, 11) is 1.54. The molecule has 4 nitrogen and oxygen atoms in total. The van der Waals surface area contributed by atoms with Crippen LogP contribution in [0.2, 0.25) is 0 Å². The highest BCUT2D eigenvalue weighted by molar-refractivity contribution is 5.95. The molecule has 0 heterocycles. The molecule has 0 saturated heterocycles. The molecule has 0 saturated carbocycles. The van der Waals surface area contributed by atoms with E-state index in [0.29, 0.717) is 23.7 Å². The third kappa shape index (κ3) is 4.66. The van der Waals surface area contributed by atoms with Crippen molar-refractivity contribution in [3.63, 3.8) is 0 Å². The Hall–Kier alpha value is -1.97. The Morgan fingerprint density at radius 3 is 2.58 bits per heavy atom. The van der Waals surface area contributed by atoms with Gasteiger partial charge in [0.2, 0.25) is 0 Å². The Balaban J connectivity index is 2.93. The summed E-state index contributed by atoms with van der Waals surface area (Å²) in [4.78, 5) is 12.0. The molecule has 0 aliphatic heterocycles. The van der Waals surface area contributed by atoms with Gasteiger partial charge in [-0.1, -0.05) is 12.7 Å². The van der Waals surface area contributed by atoms with E-state index in [1.165, 1.54) is 0 Å². The van der Waals surface area contributed by atoms with Gasteiger partial charge in [0.1, 0.15) is 6.61 Å². The van der Waals surface area contributed by atoms with Crippen LogP contribution in [0.15, 0.2) is 30.9 Å². The molecule has 0 aliphatic carbocycles. The highest BCUT2D eigenvalue weighted by Crippen LogP contribution is 2.28. The maximum Gasteiger partial charge on any atom is 0.251 e. The number of nitrogens with one attached hydrogen (secondary N) is 1. The van der Waals surface area contributed by atoms with Crippen LogP contribution in [0.3, 0.4) is 0 Å². The molecule has 0 radical (unpaired) electrons. The number of carbonyl (C=O) groups excluding carboxylic acids is 1. The van der Waals surface area contributed by atoms with Gasteiger partial charge in [-0.15, -0.1) is 0 Å². The highest BCUT2D eigenvalue weighted by atomic mass is 16.5. The van der Waals surface area contributed by atoms with Crippen LogP contribution in [-0.2, 0) is 0 Å². The number of rotatable bonds is 5. The first kappa shape index (κ1) is 15.1. The lowest BCUT2D eigenvalue weighted by Gasteiger charge is -2.21. The molecule has 0 fully saturated rings. The lowest BCUT2D eigenvalue weighted by Crippen LogP contribution is -2.40. The van der Waals surface area contributed by atoms with E-state index in [1.807, 2.05) is 20.8 Å². The van der Waals surface area contributed by atoms with Crippen LogP contribution in [0.4, 0.5) is 0 Å². The predicted molar refractivity (Wildman–Crippen MR) is 75.9 cm³/mol. The van der Waals surface area contributed by atoms with Gasteiger partial charge >= 0.3 is 0 Å². The number of benzene rings is 1. The molecule has 0 unspecified atom stereocenters. The molecule has 19 heavy (non-hydrogen) atoms. The largest absolute Gasteiger partial charge is 0.493 e. The van der Waals surface area contributed by atoms with Crippen LogP contribution in [0, 0.1) is 0 Å². The summed E-state index contributed by atoms with van der Waals surface area (Å²) >= 11 is 0. The number of carbonyl (C=O) groups is 1. The van der Waals surface area contributed by atoms with E-state index in [9.17, 15) is 4.79 Å². The van der Waals surface area contributed by atoms with Crippen molar-refractivity contribution in [1.82, 2.24) is 5.32 Å². The van der Waals surface area contributed by atoms with E-state index in [-0.39, 0.29) is 11.4 Å². The first-order chi connectivity index (χ1) is 8.87. The van der Waals surface area contributed by atoms with Crippen molar-refractivity contribution in [1.29, 1.82) is 0 Å². The lowest BCUT2D eigenvalue weighted by atomic mass is 10.1. The average molecular weight is 263 g/mol. The average Bonchev–Trinajstić information content (AvgIpc) is 2.34. The summed E-state index contributed by atoms with van der Waals surface area (Å²) < 4.78 is 10.7. The van der Waals surface area contributed by atoms with Crippen molar-refractivity contribution in [3.8, 4) is 11.5 Å². The molecule has 1 N–H and O–H groups in total. The lowest BCUT2D eigenvalue weighted by molar-refractivity contribution is 0.0919. The molecular formula is C15H21NO3. The second-order valence-corrected chi connectivity index (χ2v) is 5.17. The van der Waals surface area contributed by atoms with Crippen molar-refractivity contribution in [2.75, 3.05) is 13.7 Å². The van der Waals surface area contributed by atoms with Crippen molar-refractivity contribution < 1.29 is 14.3 Å². The van der Waals surface area contributed by atoms with Gasteiger partial charge in [0.15, 0.2) is 11.5 Å². The molecule has 1 aromatic carbocycles. The summed E-state index contributed by atoms with van der Waals surface area (Å²) in [6.45, 7) is 9.78. The quantitative estimate of drug-likeness (QED) is 0.831. The fourth-order valence-electron chi connectivity index (χ4n) is 1.49. The van der Waals surface area contributed by atoms with E-state index >= 15 is 0 Å². The second kappa shape index (κ2) is 6.27. The summed E-state index contributed by atoms with van der Waals surface area (Å²) in [6, 6.07) is 5.10. The van der Waals surface area contributed by atoms with Crippen molar-refractivity contribution in [2.24, 2.45) is 0 Å². The third-order valence-corrected chi connectivity index (χ3v) is 2.27. The van der Waals surface area contributed by atoms with Gasteiger partial charge in [-0.2, -0.15) is 0 Å². The van der Waals surface area contributed by atoms with Crippen LogP contribution in [0.5, 0.6) is 11.5 Å². The van der Waals surface area contributed by atoms with Crippen LogP contribution < -0.4 is 14.8 Å². The zero-order valence-corrected chi connectivity index (χ0v) is 11.9. The maximum absolute atomic E-state index is 12.0. The number of hydrogen-bond acceptors (Lipinski definition) is 3. The van der Waals surface area contributed by atoms with E-state index < -0.39 is 0 Å². The molecule has 104 valence electrons. The van der Waals surface area contributed by atoms with Crippen molar-refractivity contribution in [2.45, 2.75) is 26.3 Å². The normalized spacial score (nSPS) is 10.7. The standard InChI is InChI=1S/C15H21NO3/c1-6-9-19-12-8-7-11(10-13(12)18-5)14(17)16-15(2,3)4/h6-8,10H,1,9H2,2-5H3,(H,16,17). The molecule has 1 rings (SSSR count). The molecule has 0 aliphatic rings. The van der Waals surface area contributed by atoms with Crippen molar-refractivity contribution in [3.05, 3.63) is 36.4 Å². The summed E-state index contributed by atoms with van der Waals surface area (Å²) in [5.41, 5.74) is 0.264. The molecule has 0 atom stereocenters. The fraction of sp³-hybridized carbons (Fsp3) is 0.400. The molecule has 0 bridgehead atoms. The Labute approximate surface area is 114 Å². The Bertz CT molecular complexity index is 461. The van der Waals surface area contributed by atoms with Gasteiger partial charge in [-0.25, -0.2) is 0 Å².